The number of anilines is 8. The number of rotatable bonds is 4. The van der Waals surface area contributed by atoms with Crippen molar-refractivity contribution in [1.29, 1.82) is 0 Å². The van der Waals surface area contributed by atoms with Gasteiger partial charge in [0.25, 0.3) is 6.71 Å². The SMILES string of the molecule is CC(C)(C)c1ccc(N2c3cc(N4c5ccc(C(C)(C)C)cc5C5(C)CCc6ccccc6C45C)ccc3B3c4ccc(C(C)(C)C)cc4N(c4ccc(C(C)(C)C)cc4-c4ccccc4)c4cc(C(C)(C)C)cc2c43)cc1. The summed E-state index contributed by atoms with van der Waals surface area (Å²) in [4.78, 5) is 8.08. The van der Waals surface area contributed by atoms with E-state index in [9.17, 15) is 0 Å². The average molecular weight is 1020 g/mol. The Hall–Kier alpha value is -6.78. The fraction of sp³-hybridized carbons (Fsp3) is 0.351. The summed E-state index contributed by atoms with van der Waals surface area (Å²) in [5.74, 6) is 0. The third-order valence-electron chi connectivity index (χ3n) is 18.9. The van der Waals surface area contributed by atoms with Crippen molar-refractivity contribution in [3.63, 3.8) is 0 Å². The topological polar surface area (TPSA) is 9.72 Å². The molecule has 78 heavy (non-hydrogen) atoms. The second kappa shape index (κ2) is 17.4. The van der Waals surface area contributed by atoms with E-state index in [1.165, 1.54) is 118 Å². The van der Waals surface area contributed by atoms with Crippen LogP contribution in [0.3, 0.4) is 0 Å². The van der Waals surface area contributed by atoms with E-state index in [4.69, 9.17) is 0 Å². The van der Waals surface area contributed by atoms with E-state index in [1.807, 2.05) is 0 Å². The third-order valence-corrected chi connectivity index (χ3v) is 18.9. The molecule has 0 saturated carbocycles. The van der Waals surface area contributed by atoms with E-state index in [0.29, 0.717) is 0 Å². The first-order valence-corrected chi connectivity index (χ1v) is 29.0. The maximum atomic E-state index is 2.76. The van der Waals surface area contributed by atoms with Gasteiger partial charge in [0.05, 0.1) is 11.2 Å². The van der Waals surface area contributed by atoms with Gasteiger partial charge in [-0.15, -0.1) is 0 Å². The second-order valence-corrected chi connectivity index (χ2v) is 29.1. The fourth-order valence-electron chi connectivity index (χ4n) is 13.9. The van der Waals surface area contributed by atoms with Gasteiger partial charge in [-0.25, -0.2) is 0 Å². The number of benzene rings is 8. The third kappa shape index (κ3) is 7.96. The van der Waals surface area contributed by atoms with Crippen molar-refractivity contribution in [2.24, 2.45) is 0 Å². The van der Waals surface area contributed by atoms with Crippen LogP contribution in [0.5, 0.6) is 0 Å². The molecular formula is C74H82BN3. The molecule has 12 rings (SSSR count). The van der Waals surface area contributed by atoms with Crippen LogP contribution >= 0.6 is 0 Å². The predicted octanol–water partition coefficient (Wildman–Crippen LogP) is 18.2. The molecule has 3 nitrogen and oxygen atoms in total. The monoisotopic (exact) mass is 1020 g/mol. The van der Waals surface area contributed by atoms with Crippen molar-refractivity contribution in [2.45, 2.75) is 169 Å². The Kier molecular flexibility index (Phi) is 11.6. The van der Waals surface area contributed by atoms with Crippen LogP contribution in [0.1, 0.15) is 169 Å². The Morgan fingerprint density at radius 2 is 0.872 bits per heavy atom. The number of hydrogen-bond donors (Lipinski definition) is 0. The van der Waals surface area contributed by atoms with Gasteiger partial charge < -0.3 is 14.7 Å². The van der Waals surface area contributed by atoms with Gasteiger partial charge >= 0.3 is 0 Å². The van der Waals surface area contributed by atoms with Gasteiger partial charge in [0.15, 0.2) is 0 Å². The molecule has 0 amide bonds. The molecular weight excluding hydrogens is 942 g/mol. The highest BCUT2D eigenvalue weighted by Gasteiger charge is 2.60. The van der Waals surface area contributed by atoms with Crippen LogP contribution in [0.25, 0.3) is 11.1 Å². The van der Waals surface area contributed by atoms with Crippen molar-refractivity contribution >= 4 is 68.6 Å². The Morgan fingerprint density at radius 3 is 1.50 bits per heavy atom. The first-order valence-electron chi connectivity index (χ1n) is 29.0. The summed E-state index contributed by atoms with van der Waals surface area (Å²) in [5.41, 5.74) is 26.6. The van der Waals surface area contributed by atoms with E-state index < -0.39 is 0 Å². The van der Waals surface area contributed by atoms with Crippen LogP contribution in [-0.4, -0.2) is 6.71 Å². The fourth-order valence-corrected chi connectivity index (χ4v) is 13.9. The van der Waals surface area contributed by atoms with Crippen molar-refractivity contribution in [3.05, 3.63) is 208 Å². The molecule has 0 spiro atoms. The van der Waals surface area contributed by atoms with Crippen LogP contribution in [-0.2, 0) is 44.4 Å². The Balaban J connectivity index is 1.18. The minimum atomic E-state index is -0.354. The second-order valence-electron chi connectivity index (χ2n) is 29.1. The largest absolute Gasteiger partial charge is 0.330 e. The molecule has 3 heterocycles. The van der Waals surface area contributed by atoms with E-state index in [-0.39, 0.29) is 44.7 Å². The van der Waals surface area contributed by atoms with E-state index in [1.54, 1.807) is 0 Å². The van der Waals surface area contributed by atoms with Crippen LogP contribution in [0.15, 0.2) is 164 Å². The highest BCUT2D eigenvalue weighted by atomic mass is 15.3. The van der Waals surface area contributed by atoms with Crippen molar-refractivity contribution in [1.82, 2.24) is 0 Å². The minimum Gasteiger partial charge on any atom is -0.330 e. The number of hydrogen-bond acceptors (Lipinski definition) is 3. The average Bonchev–Trinajstić information content (AvgIpc) is 2.37. The predicted molar refractivity (Wildman–Crippen MR) is 337 cm³/mol. The molecule has 4 aliphatic rings. The quantitative estimate of drug-likeness (QED) is 0.163. The smallest absolute Gasteiger partial charge is 0.252 e. The minimum absolute atomic E-state index is 0.00537. The Bertz CT molecular complexity index is 3700. The highest BCUT2D eigenvalue weighted by molar-refractivity contribution is 7.00. The number of aryl methyl sites for hydroxylation is 1. The van der Waals surface area contributed by atoms with Crippen molar-refractivity contribution in [2.75, 3.05) is 14.7 Å². The Morgan fingerprint density at radius 1 is 0.385 bits per heavy atom. The van der Waals surface area contributed by atoms with Crippen LogP contribution < -0.4 is 31.1 Å². The maximum Gasteiger partial charge on any atom is 0.252 e. The van der Waals surface area contributed by atoms with Crippen LogP contribution in [0, 0.1) is 0 Å². The van der Waals surface area contributed by atoms with Crippen molar-refractivity contribution < 1.29 is 0 Å². The molecule has 0 fully saturated rings. The van der Waals surface area contributed by atoms with E-state index in [0.717, 1.165) is 12.8 Å². The molecule has 8 aromatic carbocycles. The van der Waals surface area contributed by atoms with Crippen LogP contribution in [0.2, 0.25) is 0 Å². The van der Waals surface area contributed by atoms with Gasteiger partial charge in [-0.1, -0.05) is 214 Å². The van der Waals surface area contributed by atoms with Gasteiger partial charge in [0.2, 0.25) is 0 Å². The summed E-state index contributed by atoms with van der Waals surface area (Å²) >= 11 is 0. The lowest BCUT2D eigenvalue weighted by molar-refractivity contribution is 0.245. The van der Waals surface area contributed by atoms with Gasteiger partial charge in [-0.05, 0) is 174 Å². The Labute approximate surface area is 468 Å². The van der Waals surface area contributed by atoms with Crippen LogP contribution in [0.4, 0.5) is 45.5 Å². The first-order chi connectivity index (χ1) is 36.6. The summed E-state index contributed by atoms with van der Waals surface area (Å²) in [6.07, 6.45) is 2.15. The lowest BCUT2D eigenvalue weighted by Crippen LogP contribution is -2.61. The normalized spacial score (nSPS) is 18.7. The lowest BCUT2D eigenvalue weighted by atomic mass is 9.33. The molecule has 396 valence electrons. The molecule has 2 unspecified atom stereocenters. The van der Waals surface area contributed by atoms with Gasteiger partial charge in [0, 0.05) is 50.8 Å². The summed E-state index contributed by atoms with van der Waals surface area (Å²) < 4.78 is 0. The maximum absolute atomic E-state index is 2.76. The lowest BCUT2D eigenvalue weighted by Gasteiger charge is -2.51. The zero-order chi connectivity index (χ0) is 55.4. The van der Waals surface area contributed by atoms with Gasteiger partial charge in [0.1, 0.15) is 0 Å². The summed E-state index contributed by atoms with van der Waals surface area (Å²) in [6, 6.07) is 64.9. The zero-order valence-electron chi connectivity index (χ0n) is 49.9. The van der Waals surface area contributed by atoms with Crippen molar-refractivity contribution in [3.8, 4) is 11.1 Å². The summed E-state index contributed by atoms with van der Waals surface area (Å²) in [5, 5.41) is 0. The molecule has 1 aliphatic carbocycles. The number of fused-ring (bicyclic) bond motifs is 9. The van der Waals surface area contributed by atoms with Gasteiger partial charge in [-0.2, -0.15) is 0 Å². The van der Waals surface area contributed by atoms with Gasteiger partial charge in [-0.3, -0.25) is 0 Å². The molecule has 2 atom stereocenters. The zero-order valence-corrected chi connectivity index (χ0v) is 49.9. The molecule has 0 N–H and O–H groups in total. The highest BCUT2D eigenvalue weighted by Crippen LogP contribution is 2.64. The molecule has 3 aliphatic heterocycles. The molecule has 0 bridgehead atoms. The number of nitrogens with zero attached hydrogens (tertiary/aromatic N) is 3. The van der Waals surface area contributed by atoms with E-state index >= 15 is 0 Å². The molecule has 0 saturated heterocycles. The molecule has 4 heteroatoms. The summed E-state index contributed by atoms with van der Waals surface area (Å²) in [7, 11) is 0. The molecule has 0 radical (unpaired) electrons. The van der Waals surface area contributed by atoms with E-state index in [2.05, 4.69) is 296 Å². The summed E-state index contributed by atoms with van der Waals surface area (Å²) in [6.45, 7) is 40.4. The first kappa shape index (κ1) is 52.0. The molecule has 8 aromatic rings. The standard InChI is InChI=1S/C74H82BN3/c1-68(2,3)49-27-32-54(33-28-49)76-64-46-55(78-62-38-31-51(70(7,8)9)42-58(62)73(16)40-39-48-25-21-22-26-57(48)74(73,78)17)34-36-60(64)75-59-35-29-52(71(10,11)12)43-63(59)77(66-45-53(72(13,14)15)44-65(76)67(66)75)61-37-30-50(69(4,5)6)41-56(61)47-23-19-18-20-24-47/h18-38,41-46H,39-40H2,1-17H3. The molecule has 0 aromatic heterocycles.